The van der Waals surface area contributed by atoms with Crippen molar-refractivity contribution < 1.29 is 23.8 Å². The molecular formula is C19H18ClNO5. The van der Waals surface area contributed by atoms with E-state index < -0.39 is 24.1 Å². The monoisotopic (exact) mass is 375 g/mol. The molecule has 3 rings (SSSR count). The molecule has 7 heteroatoms. The summed E-state index contributed by atoms with van der Waals surface area (Å²) in [5.41, 5.74) is 1.30. The molecule has 0 saturated carbocycles. The van der Waals surface area contributed by atoms with Crippen molar-refractivity contribution in [2.24, 2.45) is 0 Å². The zero-order valence-corrected chi connectivity index (χ0v) is 15.1. The number of nitrogens with one attached hydrogen (secondary N) is 1. The Kier molecular flexibility index (Phi) is 5.32. The molecule has 1 amide bonds. The summed E-state index contributed by atoms with van der Waals surface area (Å²) in [7, 11) is 0. The molecule has 0 saturated heterocycles. The predicted octanol–water partition coefficient (Wildman–Crippen LogP) is 3.36. The molecule has 0 bridgehead atoms. The van der Waals surface area contributed by atoms with Crippen molar-refractivity contribution in [3.63, 3.8) is 0 Å². The zero-order chi connectivity index (χ0) is 18.7. The minimum absolute atomic E-state index is 0.0254. The van der Waals surface area contributed by atoms with E-state index in [0.29, 0.717) is 22.2 Å². The highest BCUT2D eigenvalue weighted by molar-refractivity contribution is 6.31. The molecule has 2 atom stereocenters. The van der Waals surface area contributed by atoms with Gasteiger partial charge in [0, 0.05) is 10.7 Å². The van der Waals surface area contributed by atoms with Crippen LogP contribution >= 0.6 is 11.6 Å². The SMILES string of the molecule is Cc1c(Cl)cccc1NC(=O)[C@@H](C)OC(=O)[C@@H]1COc2ccccc2O1. The molecular weight excluding hydrogens is 358 g/mol. The van der Waals surface area contributed by atoms with E-state index in [4.69, 9.17) is 25.8 Å². The molecule has 2 aromatic carbocycles. The number of benzene rings is 2. The molecule has 1 heterocycles. The lowest BCUT2D eigenvalue weighted by Gasteiger charge is -2.26. The van der Waals surface area contributed by atoms with Gasteiger partial charge >= 0.3 is 5.97 Å². The van der Waals surface area contributed by atoms with Gasteiger partial charge in [0.25, 0.3) is 5.91 Å². The van der Waals surface area contributed by atoms with Crippen molar-refractivity contribution in [1.82, 2.24) is 0 Å². The fourth-order valence-electron chi connectivity index (χ4n) is 2.42. The Morgan fingerprint density at radius 3 is 2.69 bits per heavy atom. The minimum atomic E-state index is -0.998. The van der Waals surface area contributed by atoms with Crippen LogP contribution in [0.3, 0.4) is 0 Å². The number of halogens is 1. The number of carbonyl (C=O) groups is 2. The van der Waals surface area contributed by atoms with E-state index in [2.05, 4.69) is 5.32 Å². The summed E-state index contributed by atoms with van der Waals surface area (Å²) in [4.78, 5) is 24.6. The summed E-state index contributed by atoms with van der Waals surface area (Å²) in [5.74, 6) is -0.0862. The van der Waals surface area contributed by atoms with Crippen molar-refractivity contribution >= 4 is 29.2 Å². The first-order chi connectivity index (χ1) is 12.5. The summed E-state index contributed by atoms with van der Waals surface area (Å²) in [5, 5.41) is 3.24. The molecule has 1 aliphatic rings. The van der Waals surface area contributed by atoms with Crippen LogP contribution in [0.25, 0.3) is 0 Å². The average Bonchev–Trinajstić information content (AvgIpc) is 2.64. The van der Waals surface area contributed by atoms with Crippen molar-refractivity contribution in [1.29, 1.82) is 0 Å². The first-order valence-electron chi connectivity index (χ1n) is 8.10. The van der Waals surface area contributed by atoms with E-state index in [1.54, 1.807) is 43.3 Å². The number of anilines is 1. The van der Waals surface area contributed by atoms with Crippen LogP contribution in [0.15, 0.2) is 42.5 Å². The Labute approximate surface area is 156 Å². The van der Waals surface area contributed by atoms with Crippen molar-refractivity contribution in [3.8, 4) is 11.5 Å². The molecule has 6 nitrogen and oxygen atoms in total. The van der Waals surface area contributed by atoms with E-state index in [-0.39, 0.29) is 6.61 Å². The first kappa shape index (κ1) is 18.1. The van der Waals surface area contributed by atoms with Crippen LogP contribution in [0, 0.1) is 6.92 Å². The van der Waals surface area contributed by atoms with Crippen molar-refractivity contribution in [3.05, 3.63) is 53.1 Å². The molecule has 0 spiro atoms. The van der Waals surface area contributed by atoms with Gasteiger partial charge in [0.2, 0.25) is 6.10 Å². The number of carbonyl (C=O) groups excluding carboxylic acids is 2. The second kappa shape index (κ2) is 7.66. The Bertz CT molecular complexity index is 838. The highest BCUT2D eigenvalue weighted by Crippen LogP contribution is 2.31. The molecule has 2 aromatic rings. The number of ether oxygens (including phenoxy) is 3. The standard InChI is InChI=1S/C19H18ClNO5/c1-11-13(20)6-5-7-14(11)21-18(22)12(2)25-19(23)17-10-24-15-8-3-4-9-16(15)26-17/h3-9,12,17H,10H2,1-2H3,(H,21,22)/t12-,17+/m1/s1. The average molecular weight is 376 g/mol. The van der Waals surface area contributed by atoms with Crippen LogP contribution in [0.4, 0.5) is 5.69 Å². The minimum Gasteiger partial charge on any atom is -0.485 e. The third kappa shape index (κ3) is 3.91. The van der Waals surface area contributed by atoms with Gasteiger partial charge in [-0.1, -0.05) is 29.8 Å². The Balaban J connectivity index is 1.59. The van der Waals surface area contributed by atoms with Gasteiger partial charge in [-0.05, 0) is 43.7 Å². The largest absolute Gasteiger partial charge is 0.485 e. The lowest BCUT2D eigenvalue weighted by molar-refractivity contribution is -0.162. The summed E-state index contributed by atoms with van der Waals surface area (Å²) in [6.07, 6.45) is -1.92. The van der Waals surface area contributed by atoms with Gasteiger partial charge in [0.1, 0.15) is 6.61 Å². The maximum atomic E-state index is 12.3. The van der Waals surface area contributed by atoms with Gasteiger partial charge < -0.3 is 19.5 Å². The van der Waals surface area contributed by atoms with Crippen LogP contribution in [-0.2, 0) is 14.3 Å². The lowest BCUT2D eigenvalue weighted by Crippen LogP contribution is -2.41. The van der Waals surface area contributed by atoms with Crippen molar-refractivity contribution in [2.45, 2.75) is 26.1 Å². The number of hydrogen-bond acceptors (Lipinski definition) is 5. The quantitative estimate of drug-likeness (QED) is 0.829. The molecule has 0 fully saturated rings. The van der Waals surface area contributed by atoms with Gasteiger partial charge in [-0.25, -0.2) is 4.79 Å². The maximum Gasteiger partial charge on any atom is 0.351 e. The van der Waals surface area contributed by atoms with E-state index in [9.17, 15) is 9.59 Å². The predicted molar refractivity (Wildman–Crippen MR) is 96.7 cm³/mol. The molecule has 1 aliphatic heterocycles. The molecule has 0 aromatic heterocycles. The molecule has 0 unspecified atom stereocenters. The second-order valence-corrected chi connectivity index (χ2v) is 6.25. The smallest absolute Gasteiger partial charge is 0.351 e. The number of amides is 1. The fraction of sp³-hybridized carbons (Fsp3) is 0.263. The molecule has 136 valence electrons. The van der Waals surface area contributed by atoms with Gasteiger partial charge in [-0.15, -0.1) is 0 Å². The Hall–Kier alpha value is -2.73. The van der Waals surface area contributed by atoms with E-state index in [1.807, 2.05) is 6.07 Å². The highest BCUT2D eigenvalue weighted by atomic mass is 35.5. The number of esters is 1. The van der Waals surface area contributed by atoms with Gasteiger partial charge in [-0.3, -0.25) is 4.79 Å². The third-order valence-corrected chi connectivity index (χ3v) is 4.37. The Morgan fingerprint density at radius 1 is 1.19 bits per heavy atom. The molecule has 26 heavy (non-hydrogen) atoms. The maximum absolute atomic E-state index is 12.3. The normalized spacial score (nSPS) is 16.5. The second-order valence-electron chi connectivity index (χ2n) is 5.84. The van der Waals surface area contributed by atoms with Crippen molar-refractivity contribution in [2.75, 3.05) is 11.9 Å². The van der Waals surface area contributed by atoms with E-state index >= 15 is 0 Å². The summed E-state index contributed by atoms with van der Waals surface area (Å²) >= 11 is 6.04. The van der Waals surface area contributed by atoms with Crippen LogP contribution < -0.4 is 14.8 Å². The number of hydrogen-bond donors (Lipinski definition) is 1. The highest BCUT2D eigenvalue weighted by Gasteiger charge is 2.31. The van der Waals surface area contributed by atoms with Crippen LogP contribution in [0.5, 0.6) is 11.5 Å². The Morgan fingerprint density at radius 2 is 1.92 bits per heavy atom. The van der Waals surface area contributed by atoms with Gasteiger partial charge in [-0.2, -0.15) is 0 Å². The topological polar surface area (TPSA) is 73.9 Å². The van der Waals surface area contributed by atoms with Crippen LogP contribution in [-0.4, -0.2) is 30.7 Å². The van der Waals surface area contributed by atoms with Gasteiger partial charge in [0.15, 0.2) is 17.6 Å². The summed E-state index contributed by atoms with van der Waals surface area (Å²) in [6.45, 7) is 3.31. The molecule has 0 radical (unpaired) electrons. The fourth-order valence-corrected chi connectivity index (χ4v) is 2.59. The molecule has 1 N–H and O–H groups in total. The number of para-hydroxylation sites is 2. The number of fused-ring (bicyclic) bond motifs is 1. The summed E-state index contributed by atoms with van der Waals surface area (Å²) < 4.78 is 16.3. The van der Waals surface area contributed by atoms with Crippen LogP contribution in [0.2, 0.25) is 5.02 Å². The third-order valence-electron chi connectivity index (χ3n) is 3.96. The first-order valence-corrected chi connectivity index (χ1v) is 8.48. The number of rotatable bonds is 4. The summed E-state index contributed by atoms with van der Waals surface area (Å²) in [6, 6.07) is 12.2. The van der Waals surface area contributed by atoms with Gasteiger partial charge in [0.05, 0.1) is 0 Å². The van der Waals surface area contributed by atoms with E-state index in [1.165, 1.54) is 6.92 Å². The molecule has 0 aliphatic carbocycles. The van der Waals surface area contributed by atoms with Crippen LogP contribution in [0.1, 0.15) is 12.5 Å². The lowest BCUT2D eigenvalue weighted by atomic mass is 10.2. The zero-order valence-electron chi connectivity index (χ0n) is 14.3. The van der Waals surface area contributed by atoms with E-state index in [0.717, 1.165) is 5.56 Å².